The van der Waals surface area contributed by atoms with Crippen molar-refractivity contribution in [1.29, 1.82) is 5.26 Å². The van der Waals surface area contributed by atoms with E-state index in [9.17, 15) is 10.1 Å². The van der Waals surface area contributed by atoms with Crippen molar-refractivity contribution in [3.8, 4) is 6.07 Å². The summed E-state index contributed by atoms with van der Waals surface area (Å²) in [5.74, 6) is -0.0440. The van der Waals surface area contributed by atoms with Crippen LogP contribution in [0.15, 0.2) is 30.3 Å². The highest BCUT2D eigenvalue weighted by atomic mass is 16.5. The van der Waals surface area contributed by atoms with Gasteiger partial charge in [-0.1, -0.05) is 30.3 Å². The number of hydrogen-bond acceptors (Lipinski definition) is 4. The summed E-state index contributed by atoms with van der Waals surface area (Å²) in [4.78, 5) is 14.3. The SMILES string of the molecule is N#CC1(C(=O)N2CC(OCCCc3ccccc3)C2)CCOCC1. The first-order valence-corrected chi connectivity index (χ1v) is 8.67. The molecule has 0 saturated carbocycles. The smallest absolute Gasteiger partial charge is 0.243 e. The zero-order valence-corrected chi connectivity index (χ0v) is 13.9. The largest absolute Gasteiger partial charge is 0.381 e. The maximum absolute atomic E-state index is 12.6. The van der Waals surface area contributed by atoms with Gasteiger partial charge in [0, 0.05) is 32.9 Å². The second kappa shape index (κ2) is 7.78. The average molecular weight is 328 g/mol. The van der Waals surface area contributed by atoms with Gasteiger partial charge in [0.1, 0.15) is 5.41 Å². The molecule has 0 unspecified atom stereocenters. The molecule has 2 heterocycles. The maximum Gasteiger partial charge on any atom is 0.243 e. The first-order valence-electron chi connectivity index (χ1n) is 8.67. The molecule has 5 heteroatoms. The molecule has 24 heavy (non-hydrogen) atoms. The number of amides is 1. The first kappa shape index (κ1) is 16.9. The predicted molar refractivity (Wildman–Crippen MR) is 89.2 cm³/mol. The number of benzene rings is 1. The summed E-state index contributed by atoms with van der Waals surface area (Å²) in [5, 5.41) is 9.44. The van der Waals surface area contributed by atoms with Crippen LogP contribution in [0.5, 0.6) is 0 Å². The van der Waals surface area contributed by atoms with Crippen LogP contribution in [0.3, 0.4) is 0 Å². The normalized spacial score (nSPS) is 20.2. The number of likely N-dealkylation sites (tertiary alicyclic amines) is 1. The van der Waals surface area contributed by atoms with Crippen molar-refractivity contribution in [3.05, 3.63) is 35.9 Å². The zero-order chi connectivity index (χ0) is 16.8. The number of rotatable bonds is 6. The minimum atomic E-state index is -0.878. The van der Waals surface area contributed by atoms with Crippen molar-refractivity contribution in [1.82, 2.24) is 4.90 Å². The number of carbonyl (C=O) groups is 1. The number of nitriles is 1. The Balaban J connectivity index is 1.36. The monoisotopic (exact) mass is 328 g/mol. The van der Waals surface area contributed by atoms with Crippen LogP contribution in [-0.4, -0.2) is 49.8 Å². The molecule has 1 aromatic rings. The summed E-state index contributed by atoms with van der Waals surface area (Å²) in [6.07, 6.45) is 3.10. The summed E-state index contributed by atoms with van der Waals surface area (Å²) < 4.78 is 11.1. The maximum atomic E-state index is 12.6. The van der Waals surface area contributed by atoms with Crippen LogP contribution in [-0.2, 0) is 20.7 Å². The lowest BCUT2D eigenvalue weighted by Gasteiger charge is -2.43. The van der Waals surface area contributed by atoms with Gasteiger partial charge < -0.3 is 14.4 Å². The molecule has 5 nitrogen and oxygen atoms in total. The fraction of sp³-hybridized carbons (Fsp3) is 0.579. The Labute approximate surface area is 143 Å². The third kappa shape index (κ3) is 3.77. The lowest BCUT2D eigenvalue weighted by molar-refractivity contribution is -0.157. The molecular weight excluding hydrogens is 304 g/mol. The van der Waals surface area contributed by atoms with E-state index in [0.29, 0.717) is 45.8 Å². The number of ether oxygens (including phenoxy) is 2. The third-order valence-electron chi connectivity index (χ3n) is 4.91. The molecule has 0 radical (unpaired) electrons. The molecule has 0 atom stereocenters. The van der Waals surface area contributed by atoms with Gasteiger partial charge in [0.25, 0.3) is 0 Å². The highest BCUT2D eigenvalue weighted by Crippen LogP contribution is 2.33. The minimum Gasteiger partial charge on any atom is -0.381 e. The van der Waals surface area contributed by atoms with Crippen LogP contribution in [0.2, 0.25) is 0 Å². The van der Waals surface area contributed by atoms with E-state index in [0.717, 1.165) is 12.8 Å². The van der Waals surface area contributed by atoms with Crippen LogP contribution in [0, 0.1) is 16.7 Å². The van der Waals surface area contributed by atoms with Gasteiger partial charge in [-0.2, -0.15) is 5.26 Å². The van der Waals surface area contributed by atoms with Gasteiger partial charge in [-0.05, 0) is 31.2 Å². The van der Waals surface area contributed by atoms with Crippen molar-refractivity contribution in [3.63, 3.8) is 0 Å². The number of carbonyl (C=O) groups excluding carboxylic acids is 1. The topological polar surface area (TPSA) is 62.6 Å². The molecule has 2 saturated heterocycles. The van der Waals surface area contributed by atoms with Crippen molar-refractivity contribution >= 4 is 5.91 Å². The molecule has 0 bridgehead atoms. The molecule has 1 aromatic carbocycles. The second-order valence-corrected chi connectivity index (χ2v) is 6.60. The molecule has 0 spiro atoms. The molecule has 2 aliphatic heterocycles. The molecule has 3 rings (SSSR count). The van der Waals surface area contributed by atoms with Gasteiger partial charge in [0.05, 0.1) is 12.2 Å². The van der Waals surface area contributed by atoms with Crippen molar-refractivity contribution in [2.24, 2.45) is 5.41 Å². The number of hydrogen-bond donors (Lipinski definition) is 0. The van der Waals surface area contributed by atoms with E-state index < -0.39 is 5.41 Å². The predicted octanol–water partition coefficient (Wildman–Crippen LogP) is 2.17. The highest BCUT2D eigenvalue weighted by molar-refractivity contribution is 5.86. The zero-order valence-electron chi connectivity index (χ0n) is 13.9. The molecule has 2 fully saturated rings. The van der Waals surface area contributed by atoms with Gasteiger partial charge in [-0.3, -0.25) is 4.79 Å². The Morgan fingerprint density at radius 1 is 1.29 bits per heavy atom. The molecule has 1 amide bonds. The van der Waals surface area contributed by atoms with E-state index >= 15 is 0 Å². The average Bonchev–Trinajstić information content (AvgIpc) is 2.61. The van der Waals surface area contributed by atoms with E-state index in [-0.39, 0.29) is 12.0 Å². The first-order chi connectivity index (χ1) is 11.7. The van der Waals surface area contributed by atoms with Crippen molar-refractivity contribution in [2.75, 3.05) is 32.9 Å². The number of aryl methyl sites for hydroxylation is 1. The summed E-state index contributed by atoms with van der Waals surface area (Å²) in [7, 11) is 0. The summed E-state index contributed by atoms with van der Waals surface area (Å²) >= 11 is 0. The molecule has 128 valence electrons. The van der Waals surface area contributed by atoms with Crippen LogP contribution >= 0.6 is 0 Å². The van der Waals surface area contributed by atoms with Crippen molar-refractivity contribution in [2.45, 2.75) is 31.8 Å². The van der Waals surface area contributed by atoms with Crippen LogP contribution in [0.25, 0.3) is 0 Å². The van der Waals surface area contributed by atoms with Crippen molar-refractivity contribution < 1.29 is 14.3 Å². The van der Waals surface area contributed by atoms with Gasteiger partial charge >= 0.3 is 0 Å². The minimum absolute atomic E-state index is 0.0440. The quantitative estimate of drug-likeness (QED) is 0.751. The Kier molecular flexibility index (Phi) is 5.49. The molecule has 0 N–H and O–H groups in total. The molecule has 0 aliphatic carbocycles. The van der Waals surface area contributed by atoms with E-state index in [1.54, 1.807) is 4.90 Å². The summed E-state index contributed by atoms with van der Waals surface area (Å²) in [5.41, 5.74) is 0.443. The van der Waals surface area contributed by atoms with E-state index in [2.05, 4.69) is 18.2 Å². The lowest BCUT2D eigenvalue weighted by Crippen LogP contribution is -2.59. The van der Waals surface area contributed by atoms with Gasteiger partial charge in [0.2, 0.25) is 5.91 Å². The van der Waals surface area contributed by atoms with Gasteiger partial charge in [0.15, 0.2) is 0 Å². The molecule has 2 aliphatic rings. The number of nitrogens with zero attached hydrogens (tertiary/aromatic N) is 2. The van der Waals surface area contributed by atoms with E-state index in [1.807, 2.05) is 18.2 Å². The Bertz CT molecular complexity index is 584. The van der Waals surface area contributed by atoms with Gasteiger partial charge in [-0.15, -0.1) is 0 Å². The molecule has 0 aromatic heterocycles. The fourth-order valence-electron chi connectivity index (χ4n) is 3.28. The summed E-state index contributed by atoms with van der Waals surface area (Å²) in [6.45, 7) is 2.90. The second-order valence-electron chi connectivity index (χ2n) is 6.60. The van der Waals surface area contributed by atoms with Crippen LogP contribution in [0.4, 0.5) is 0 Å². The standard InChI is InChI=1S/C19H24N2O3/c20-15-19(8-11-23-12-9-19)18(22)21-13-17(14-21)24-10-4-7-16-5-2-1-3-6-16/h1-3,5-6,17H,4,7-14H2. The molecular formula is C19H24N2O3. The van der Waals surface area contributed by atoms with Crippen LogP contribution < -0.4 is 0 Å². The Hall–Kier alpha value is -1.90. The van der Waals surface area contributed by atoms with E-state index in [1.165, 1.54) is 5.56 Å². The summed E-state index contributed by atoms with van der Waals surface area (Å²) in [6, 6.07) is 12.6. The fourth-order valence-corrected chi connectivity index (χ4v) is 3.28. The van der Waals surface area contributed by atoms with E-state index in [4.69, 9.17) is 9.47 Å². The third-order valence-corrected chi connectivity index (χ3v) is 4.91. The lowest BCUT2D eigenvalue weighted by atomic mass is 9.79. The Morgan fingerprint density at radius 2 is 2.00 bits per heavy atom. The highest BCUT2D eigenvalue weighted by Gasteiger charge is 2.46. The Morgan fingerprint density at radius 3 is 2.67 bits per heavy atom. The van der Waals surface area contributed by atoms with Gasteiger partial charge in [-0.25, -0.2) is 0 Å². The van der Waals surface area contributed by atoms with Crippen LogP contribution in [0.1, 0.15) is 24.8 Å².